The van der Waals surface area contributed by atoms with Crippen molar-refractivity contribution >= 4 is 11.8 Å². The normalized spacial score (nSPS) is 10.2. The summed E-state index contributed by atoms with van der Waals surface area (Å²) < 4.78 is 10.8. The Bertz CT molecular complexity index is 538. The van der Waals surface area contributed by atoms with E-state index in [1.54, 1.807) is 26.0 Å². The lowest BCUT2D eigenvalue weighted by atomic mass is 10.2. The molecule has 2 nitrogen and oxygen atoms in total. The summed E-state index contributed by atoms with van der Waals surface area (Å²) in [5.74, 6) is 1.77. The van der Waals surface area contributed by atoms with Gasteiger partial charge in [0.15, 0.2) is 0 Å². The van der Waals surface area contributed by atoms with Crippen LogP contribution in [0.4, 0.5) is 0 Å². The van der Waals surface area contributed by atoms with E-state index < -0.39 is 0 Å². The summed E-state index contributed by atoms with van der Waals surface area (Å²) in [6.07, 6.45) is 0. The van der Waals surface area contributed by atoms with Gasteiger partial charge in [-0.3, -0.25) is 0 Å². The molecule has 0 spiro atoms. The van der Waals surface area contributed by atoms with E-state index in [1.807, 2.05) is 30.3 Å². The molecule has 0 saturated carbocycles. The fourth-order valence-electron chi connectivity index (χ4n) is 1.68. The predicted molar refractivity (Wildman–Crippen MR) is 74.8 cm³/mol. The average molecular weight is 260 g/mol. The smallest absolute Gasteiger partial charge is 0.133 e. The number of para-hydroxylation sites is 1. The molecule has 0 N–H and O–H groups in total. The lowest BCUT2D eigenvalue weighted by Gasteiger charge is -2.11. The lowest BCUT2D eigenvalue weighted by Crippen LogP contribution is -1.89. The van der Waals surface area contributed by atoms with Gasteiger partial charge in [-0.15, -0.1) is 0 Å². The van der Waals surface area contributed by atoms with Crippen molar-refractivity contribution in [3.8, 4) is 11.5 Å². The van der Waals surface area contributed by atoms with E-state index in [-0.39, 0.29) is 0 Å². The van der Waals surface area contributed by atoms with Crippen molar-refractivity contribution in [3.05, 3.63) is 48.0 Å². The maximum atomic E-state index is 5.41. The fourth-order valence-corrected chi connectivity index (χ4v) is 2.70. The van der Waals surface area contributed by atoms with Crippen LogP contribution in [0, 0.1) is 6.92 Å². The van der Waals surface area contributed by atoms with Gasteiger partial charge in [-0.25, -0.2) is 0 Å². The van der Waals surface area contributed by atoms with Crippen LogP contribution in [-0.2, 0) is 0 Å². The fraction of sp³-hybridized carbons (Fsp3) is 0.200. The minimum atomic E-state index is 0.880. The van der Waals surface area contributed by atoms with E-state index in [2.05, 4.69) is 19.1 Å². The first-order valence-corrected chi connectivity index (χ1v) is 6.51. The summed E-state index contributed by atoms with van der Waals surface area (Å²) in [5.41, 5.74) is 1.19. The van der Waals surface area contributed by atoms with Crippen LogP contribution in [-0.4, -0.2) is 14.2 Å². The first kappa shape index (κ1) is 12.8. The third-order valence-corrected chi connectivity index (χ3v) is 3.72. The summed E-state index contributed by atoms with van der Waals surface area (Å²) in [7, 11) is 3.38. The second-order valence-corrected chi connectivity index (χ2v) is 4.99. The number of aryl methyl sites for hydroxylation is 1. The van der Waals surface area contributed by atoms with E-state index >= 15 is 0 Å². The molecule has 0 bridgehead atoms. The third kappa shape index (κ3) is 2.79. The molecule has 0 heterocycles. The number of rotatable bonds is 4. The second-order valence-electron chi connectivity index (χ2n) is 3.91. The average Bonchev–Trinajstić information content (AvgIpc) is 2.41. The van der Waals surface area contributed by atoms with E-state index in [4.69, 9.17) is 9.47 Å². The van der Waals surface area contributed by atoms with Gasteiger partial charge in [0.1, 0.15) is 11.5 Å². The van der Waals surface area contributed by atoms with Crippen LogP contribution in [0.15, 0.2) is 52.3 Å². The first-order chi connectivity index (χ1) is 8.74. The molecule has 0 aliphatic heterocycles. The molecule has 0 unspecified atom stereocenters. The van der Waals surface area contributed by atoms with Gasteiger partial charge in [0, 0.05) is 0 Å². The minimum absolute atomic E-state index is 0.880. The third-order valence-electron chi connectivity index (χ3n) is 2.61. The van der Waals surface area contributed by atoms with Crippen LogP contribution in [0.5, 0.6) is 11.5 Å². The van der Waals surface area contributed by atoms with Crippen LogP contribution >= 0.6 is 11.8 Å². The maximum absolute atomic E-state index is 5.41. The molecular formula is C15H16O2S. The van der Waals surface area contributed by atoms with Gasteiger partial charge in [0.2, 0.25) is 0 Å². The van der Waals surface area contributed by atoms with Gasteiger partial charge < -0.3 is 9.47 Å². The molecule has 0 aliphatic rings. The molecule has 0 aliphatic carbocycles. The monoisotopic (exact) mass is 260 g/mol. The Kier molecular flexibility index (Phi) is 4.15. The number of hydrogen-bond acceptors (Lipinski definition) is 3. The highest BCUT2D eigenvalue weighted by atomic mass is 32.2. The summed E-state index contributed by atoms with van der Waals surface area (Å²) in [6.45, 7) is 2.06. The van der Waals surface area contributed by atoms with Gasteiger partial charge in [-0.2, -0.15) is 0 Å². The van der Waals surface area contributed by atoms with Crippen molar-refractivity contribution in [2.24, 2.45) is 0 Å². The number of benzene rings is 2. The van der Waals surface area contributed by atoms with Gasteiger partial charge in [-0.1, -0.05) is 30.0 Å². The van der Waals surface area contributed by atoms with E-state index in [0.717, 1.165) is 21.3 Å². The zero-order valence-electron chi connectivity index (χ0n) is 10.8. The minimum Gasteiger partial charge on any atom is -0.496 e. The Morgan fingerprint density at radius 3 is 2.22 bits per heavy atom. The lowest BCUT2D eigenvalue weighted by molar-refractivity contribution is 0.402. The Morgan fingerprint density at radius 1 is 0.833 bits per heavy atom. The molecule has 0 aromatic heterocycles. The molecule has 0 amide bonds. The Balaban J connectivity index is 2.33. The van der Waals surface area contributed by atoms with Gasteiger partial charge >= 0.3 is 0 Å². The van der Waals surface area contributed by atoms with Crippen LogP contribution in [0.25, 0.3) is 0 Å². The highest BCUT2D eigenvalue weighted by molar-refractivity contribution is 7.99. The van der Waals surface area contributed by atoms with Gasteiger partial charge in [0.25, 0.3) is 0 Å². The number of ether oxygens (including phenoxy) is 2. The molecule has 3 heteroatoms. The zero-order chi connectivity index (χ0) is 13.0. The van der Waals surface area contributed by atoms with E-state index in [1.165, 1.54) is 5.56 Å². The largest absolute Gasteiger partial charge is 0.496 e. The van der Waals surface area contributed by atoms with E-state index in [0.29, 0.717) is 0 Å². The predicted octanol–water partition coefficient (Wildman–Crippen LogP) is 4.16. The van der Waals surface area contributed by atoms with Gasteiger partial charge in [-0.05, 0) is 36.8 Å². The Hall–Kier alpha value is -1.61. The quantitative estimate of drug-likeness (QED) is 0.822. The molecule has 0 saturated heterocycles. The molecule has 0 radical (unpaired) electrons. The zero-order valence-corrected chi connectivity index (χ0v) is 11.6. The molecule has 2 aromatic carbocycles. The molecule has 2 aromatic rings. The molecule has 0 atom stereocenters. The van der Waals surface area contributed by atoms with Crippen molar-refractivity contribution in [2.75, 3.05) is 14.2 Å². The summed E-state index contributed by atoms with van der Waals surface area (Å²) in [6, 6.07) is 14.2. The van der Waals surface area contributed by atoms with Crippen LogP contribution in [0.1, 0.15) is 5.56 Å². The number of hydrogen-bond donors (Lipinski definition) is 0. The Labute approximate surface area is 112 Å². The van der Waals surface area contributed by atoms with Crippen LogP contribution < -0.4 is 9.47 Å². The topological polar surface area (TPSA) is 18.5 Å². The summed E-state index contributed by atoms with van der Waals surface area (Å²) in [5, 5.41) is 0. The molecular weight excluding hydrogens is 244 g/mol. The van der Waals surface area contributed by atoms with Crippen LogP contribution in [0.3, 0.4) is 0 Å². The standard InChI is InChI=1S/C15H16O2S/c1-11-8-9-15(13(10-11)17-3)18-14-7-5-4-6-12(14)16-2/h4-10H,1-3H3. The molecule has 94 valence electrons. The van der Waals surface area contributed by atoms with Crippen molar-refractivity contribution in [1.82, 2.24) is 0 Å². The van der Waals surface area contributed by atoms with Gasteiger partial charge in [0.05, 0.1) is 24.0 Å². The number of methoxy groups -OCH3 is 2. The van der Waals surface area contributed by atoms with Crippen molar-refractivity contribution in [3.63, 3.8) is 0 Å². The van der Waals surface area contributed by atoms with E-state index in [9.17, 15) is 0 Å². The Morgan fingerprint density at radius 2 is 1.50 bits per heavy atom. The molecule has 2 rings (SSSR count). The molecule has 0 fully saturated rings. The maximum Gasteiger partial charge on any atom is 0.133 e. The SMILES string of the molecule is COc1ccccc1Sc1ccc(C)cc1OC. The summed E-state index contributed by atoms with van der Waals surface area (Å²) >= 11 is 1.65. The highest BCUT2D eigenvalue weighted by Crippen LogP contribution is 2.39. The van der Waals surface area contributed by atoms with Crippen LogP contribution in [0.2, 0.25) is 0 Å². The molecule has 18 heavy (non-hydrogen) atoms. The second kappa shape index (κ2) is 5.83. The van der Waals surface area contributed by atoms with Crippen molar-refractivity contribution in [2.45, 2.75) is 16.7 Å². The van der Waals surface area contributed by atoms with Crippen molar-refractivity contribution < 1.29 is 9.47 Å². The highest BCUT2D eigenvalue weighted by Gasteiger charge is 2.08. The first-order valence-electron chi connectivity index (χ1n) is 5.70. The summed E-state index contributed by atoms with van der Waals surface area (Å²) in [4.78, 5) is 2.18. The van der Waals surface area contributed by atoms with Crippen molar-refractivity contribution in [1.29, 1.82) is 0 Å².